The minimum absolute atomic E-state index is 0.00607. The molecule has 0 aromatic rings. The highest BCUT2D eigenvalue weighted by molar-refractivity contribution is 7.81. The summed E-state index contributed by atoms with van der Waals surface area (Å²) in [5, 5.41) is 3.25. The van der Waals surface area contributed by atoms with Gasteiger partial charge in [-0.1, -0.05) is 34.3 Å². The van der Waals surface area contributed by atoms with Crippen LogP contribution in [0.5, 0.6) is 0 Å². The summed E-state index contributed by atoms with van der Waals surface area (Å²) in [7, 11) is 0. The lowest BCUT2D eigenvalue weighted by Gasteiger charge is -2.39. The topological polar surface area (TPSA) is 12.0 Å². The van der Waals surface area contributed by atoms with Crippen LogP contribution in [-0.2, 0) is 0 Å². The van der Waals surface area contributed by atoms with Crippen molar-refractivity contribution >= 4 is 12.6 Å². The summed E-state index contributed by atoms with van der Waals surface area (Å²) < 4.78 is -0.0494. The first kappa shape index (κ1) is 11.9. The van der Waals surface area contributed by atoms with E-state index in [4.69, 9.17) is 0 Å². The minimum Gasteiger partial charge on any atom is -0.389 e. The molecule has 12 heavy (non-hydrogen) atoms. The molecule has 0 aromatic heterocycles. The van der Waals surface area contributed by atoms with Gasteiger partial charge in [0.15, 0.2) is 0 Å². The van der Waals surface area contributed by atoms with E-state index in [2.05, 4.69) is 59.1 Å². The highest BCUT2D eigenvalue weighted by Gasteiger charge is 2.36. The maximum atomic E-state index is 4.57. The summed E-state index contributed by atoms with van der Waals surface area (Å²) in [6.45, 7) is 15.6. The zero-order valence-electron chi connectivity index (χ0n) is 8.86. The van der Waals surface area contributed by atoms with Gasteiger partial charge in [-0.05, 0) is 6.92 Å². The van der Waals surface area contributed by atoms with Gasteiger partial charge >= 0.3 is 0 Å². The van der Waals surface area contributed by atoms with Crippen molar-refractivity contribution < 1.29 is 0 Å². The Kier molecular flexibility index (Phi) is 3.70. The fraction of sp³-hybridized carbons (Fsp3) is 0.800. The molecule has 1 N–H and O–H groups in total. The van der Waals surface area contributed by atoms with Gasteiger partial charge in [0, 0.05) is 22.4 Å². The molecule has 0 spiro atoms. The van der Waals surface area contributed by atoms with Crippen LogP contribution in [0, 0.1) is 5.41 Å². The number of hydrogen-bond acceptors (Lipinski definition) is 2. The first-order chi connectivity index (χ1) is 5.23. The Hall–Kier alpha value is -0.110. The molecular weight excluding hydrogens is 166 g/mol. The van der Waals surface area contributed by atoms with Crippen molar-refractivity contribution in [2.45, 2.75) is 39.4 Å². The van der Waals surface area contributed by atoms with Gasteiger partial charge in [-0.3, -0.25) is 0 Å². The van der Waals surface area contributed by atoms with Crippen LogP contribution in [0.1, 0.15) is 34.6 Å². The fourth-order valence-electron chi connectivity index (χ4n) is 0.804. The normalized spacial score (nSPS) is 12.8. The van der Waals surface area contributed by atoms with Crippen LogP contribution in [0.4, 0.5) is 0 Å². The average molecular weight is 187 g/mol. The number of rotatable bonds is 4. The maximum absolute atomic E-state index is 4.57. The van der Waals surface area contributed by atoms with Crippen molar-refractivity contribution in [2.24, 2.45) is 5.41 Å². The van der Waals surface area contributed by atoms with Crippen LogP contribution < -0.4 is 5.32 Å². The highest BCUT2D eigenvalue weighted by Crippen LogP contribution is 2.39. The van der Waals surface area contributed by atoms with Crippen molar-refractivity contribution in [1.29, 1.82) is 0 Å². The van der Waals surface area contributed by atoms with Crippen LogP contribution in [0.3, 0.4) is 0 Å². The molecule has 72 valence electrons. The number of allylic oxidation sites excluding steroid dienone is 1. The summed E-state index contributed by atoms with van der Waals surface area (Å²) in [6, 6.07) is 0. The SMILES string of the molecule is C=C(NCC)C(C)(C)C(C)(C)S. The van der Waals surface area contributed by atoms with E-state index in [1.807, 2.05) is 0 Å². The van der Waals surface area contributed by atoms with Gasteiger partial charge in [0.25, 0.3) is 0 Å². The van der Waals surface area contributed by atoms with Gasteiger partial charge in [-0.25, -0.2) is 0 Å². The van der Waals surface area contributed by atoms with E-state index in [-0.39, 0.29) is 10.2 Å². The van der Waals surface area contributed by atoms with Gasteiger partial charge in [0.2, 0.25) is 0 Å². The molecule has 0 bridgehead atoms. The Morgan fingerprint density at radius 2 is 1.75 bits per heavy atom. The Bertz CT molecular complexity index is 165. The van der Waals surface area contributed by atoms with Gasteiger partial charge in [-0.2, -0.15) is 12.6 Å². The zero-order valence-corrected chi connectivity index (χ0v) is 9.76. The van der Waals surface area contributed by atoms with Crippen LogP contribution in [0.25, 0.3) is 0 Å². The molecule has 1 nitrogen and oxygen atoms in total. The molecule has 0 aliphatic rings. The van der Waals surface area contributed by atoms with Gasteiger partial charge < -0.3 is 5.32 Å². The van der Waals surface area contributed by atoms with E-state index < -0.39 is 0 Å². The van der Waals surface area contributed by atoms with E-state index in [9.17, 15) is 0 Å². The third kappa shape index (κ3) is 2.44. The molecule has 0 amide bonds. The monoisotopic (exact) mass is 187 g/mol. The molecule has 2 heteroatoms. The molecule has 0 unspecified atom stereocenters. The molecule has 0 aromatic carbocycles. The number of nitrogens with one attached hydrogen (secondary N) is 1. The second-order valence-corrected chi connectivity index (χ2v) is 5.31. The molecule has 0 radical (unpaired) electrons. The third-order valence-corrected chi connectivity index (χ3v) is 3.23. The molecule has 0 saturated heterocycles. The molecule has 0 aliphatic carbocycles. The van der Waals surface area contributed by atoms with Crippen LogP contribution in [-0.4, -0.2) is 11.3 Å². The smallest absolute Gasteiger partial charge is 0.0178 e. The highest BCUT2D eigenvalue weighted by atomic mass is 32.1. The Morgan fingerprint density at radius 3 is 2.00 bits per heavy atom. The predicted molar refractivity (Wildman–Crippen MR) is 59.7 cm³/mol. The Labute approximate surface area is 82.0 Å². The lowest BCUT2D eigenvalue weighted by atomic mass is 9.77. The number of thiol groups is 1. The first-order valence-electron chi connectivity index (χ1n) is 4.39. The van der Waals surface area contributed by atoms with E-state index in [1.54, 1.807) is 0 Å². The van der Waals surface area contributed by atoms with Crippen molar-refractivity contribution in [3.63, 3.8) is 0 Å². The lowest BCUT2D eigenvalue weighted by Crippen LogP contribution is -2.40. The largest absolute Gasteiger partial charge is 0.389 e. The van der Waals surface area contributed by atoms with E-state index in [0.29, 0.717) is 0 Å². The summed E-state index contributed by atoms with van der Waals surface area (Å²) in [4.78, 5) is 0. The van der Waals surface area contributed by atoms with Crippen molar-refractivity contribution in [3.05, 3.63) is 12.3 Å². The Morgan fingerprint density at radius 1 is 1.33 bits per heavy atom. The molecule has 0 rings (SSSR count). The van der Waals surface area contributed by atoms with Gasteiger partial charge in [0.05, 0.1) is 0 Å². The molecule has 0 aliphatic heterocycles. The molecule has 0 heterocycles. The van der Waals surface area contributed by atoms with Gasteiger partial charge in [0.1, 0.15) is 0 Å². The third-order valence-electron chi connectivity index (χ3n) is 2.67. The average Bonchev–Trinajstić information content (AvgIpc) is 1.85. The van der Waals surface area contributed by atoms with Gasteiger partial charge in [-0.15, -0.1) is 0 Å². The first-order valence-corrected chi connectivity index (χ1v) is 4.84. The number of hydrogen-bond donors (Lipinski definition) is 2. The van der Waals surface area contributed by atoms with Crippen molar-refractivity contribution in [3.8, 4) is 0 Å². The van der Waals surface area contributed by atoms with Crippen LogP contribution in [0.2, 0.25) is 0 Å². The quantitative estimate of drug-likeness (QED) is 0.645. The molecule has 0 saturated carbocycles. The lowest BCUT2D eigenvalue weighted by molar-refractivity contribution is 0.331. The predicted octanol–water partition coefficient (Wildman–Crippen LogP) is 2.84. The summed E-state index contributed by atoms with van der Waals surface area (Å²) in [6.07, 6.45) is 0. The Balaban J connectivity index is 4.50. The fourth-order valence-corrected chi connectivity index (χ4v) is 0.939. The van der Waals surface area contributed by atoms with Crippen LogP contribution in [0.15, 0.2) is 12.3 Å². The van der Waals surface area contributed by atoms with E-state index >= 15 is 0 Å². The van der Waals surface area contributed by atoms with Crippen molar-refractivity contribution in [2.75, 3.05) is 6.54 Å². The van der Waals surface area contributed by atoms with Crippen molar-refractivity contribution in [1.82, 2.24) is 5.32 Å². The standard InChI is InChI=1S/C10H21NS/c1-7-11-8(2)9(3,4)10(5,6)12/h11-12H,2,7H2,1,3-6H3. The molecule has 0 atom stereocenters. The zero-order chi connectivity index (χ0) is 9.99. The molecular formula is C10H21NS. The second kappa shape index (κ2) is 3.73. The summed E-state index contributed by atoms with van der Waals surface area (Å²) >= 11 is 4.57. The summed E-state index contributed by atoms with van der Waals surface area (Å²) in [5.74, 6) is 0. The minimum atomic E-state index is -0.0494. The van der Waals surface area contributed by atoms with E-state index in [1.165, 1.54) is 0 Å². The second-order valence-electron chi connectivity index (χ2n) is 4.19. The van der Waals surface area contributed by atoms with E-state index in [0.717, 1.165) is 12.2 Å². The maximum Gasteiger partial charge on any atom is 0.0178 e. The summed E-state index contributed by atoms with van der Waals surface area (Å²) in [5.41, 5.74) is 1.07. The van der Waals surface area contributed by atoms with Crippen LogP contribution >= 0.6 is 12.6 Å². The molecule has 0 fully saturated rings.